The van der Waals surface area contributed by atoms with Crippen molar-refractivity contribution in [2.45, 2.75) is 0 Å². The van der Waals surface area contributed by atoms with Crippen molar-refractivity contribution in [3.05, 3.63) is 41.4 Å². The Hall–Kier alpha value is -1.65. The summed E-state index contributed by atoms with van der Waals surface area (Å²) < 4.78 is 8.52. The summed E-state index contributed by atoms with van der Waals surface area (Å²) in [5.41, 5.74) is 10.3. The van der Waals surface area contributed by atoms with Crippen molar-refractivity contribution < 1.29 is 0 Å². The molecular weight excluding hydrogens is 254 g/mol. The van der Waals surface area contributed by atoms with Crippen molar-refractivity contribution >= 4 is 40.0 Å². The molecule has 3 aromatic rings. The zero-order valence-corrected chi connectivity index (χ0v) is 10.3. The zero-order valence-electron chi connectivity index (χ0n) is 8.72. The van der Waals surface area contributed by atoms with E-state index in [9.17, 15) is 0 Å². The molecule has 5 heteroatoms. The van der Waals surface area contributed by atoms with E-state index in [1.807, 2.05) is 30.3 Å². The Morgan fingerprint density at radius 3 is 2.76 bits per heavy atom. The molecule has 0 spiro atoms. The van der Waals surface area contributed by atoms with Crippen LogP contribution in [0.5, 0.6) is 0 Å². The lowest BCUT2D eigenvalue weighted by molar-refractivity contribution is 1.59. The monoisotopic (exact) mass is 261 g/mol. The summed E-state index contributed by atoms with van der Waals surface area (Å²) in [6.07, 6.45) is 0. The predicted molar refractivity (Wildman–Crippen MR) is 72.3 cm³/mol. The van der Waals surface area contributed by atoms with Gasteiger partial charge in [-0.05, 0) is 18.2 Å². The Labute approximate surface area is 107 Å². The summed E-state index contributed by atoms with van der Waals surface area (Å²) in [6.45, 7) is 0. The molecule has 0 radical (unpaired) electrons. The maximum atomic E-state index is 5.98. The summed E-state index contributed by atoms with van der Waals surface area (Å²) in [4.78, 5) is 0. The maximum Gasteiger partial charge on any atom is 0.112 e. The molecule has 0 bridgehead atoms. The number of nitrogens with two attached hydrogens (primary N) is 1. The summed E-state index contributed by atoms with van der Waals surface area (Å²) >= 11 is 7.10. The lowest BCUT2D eigenvalue weighted by atomic mass is 10.0. The van der Waals surface area contributed by atoms with Gasteiger partial charge in [0.05, 0.1) is 11.7 Å². The summed E-state index contributed by atoms with van der Waals surface area (Å²) in [6, 6.07) is 11.4. The molecule has 0 aliphatic carbocycles. The average Bonchev–Trinajstić information content (AvgIpc) is 2.77. The Morgan fingerprint density at radius 2 is 1.94 bits per heavy atom. The number of anilines is 1. The number of hydrogen-bond donors (Lipinski definition) is 1. The fourth-order valence-corrected chi connectivity index (χ4v) is 2.53. The highest BCUT2D eigenvalue weighted by atomic mass is 35.5. The number of nitrogen functional groups attached to an aromatic ring is 1. The molecule has 2 N–H and O–H groups in total. The molecule has 0 unspecified atom stereocenters. The fourth-order valence-electron chi connectivity index (χ4n) is 1.80. The van der Waals surface area contributed by atoms with Crippen molar-refractivity contribution in [2.24, 2.45) is 0 Å². The minimum atomic E-state index is 0.634. The quantitative estimate of drug-likeness (QED) is 0.681. The van der Waals surface area contributed by atoms with Gasteiger partial charge in [-0.15, -0.1) is 0 Å². The Kier molecular flexibility index (Phi) is 2.46. The fraction of sp³-hybridized carbons (Fsp3) is 0. The molecule has 17 heavy (non-hydrogen) atoms. The van der Waals surface area contributed by atoms with E-state index in [0.29, 0.717) is 10.7 Å². The van der Waals surface area contributed by atoms with Gasteiger partial charge in [0.15, 0.2) is 0 Å². The van der Waals surface area contributed by atoms with E-state index in [-0.39, 0.29) is 0 Å². The van der Waals surface area contributed by atoms with Gasteiger partial charge in [-0.2, -0.15) is 8.75 Å². The van der Waals surface area contributed by atoms with Gasteiger partial charge in [0, 0.05) is 21.8 Å². The third-order valence-corrected chi connectivity index (χ3v) is 3.37. The molecule has 0 atom stereocenters. The first-order chi connectivity index (χ1) is 8.25. The molecule has 2 aromatic carbocycles. The van der Waals surface area contributed by atoms with Crippen molar-refractivity contribution in [1.29, 1.82) is 0 Å². The minimum absolute atomic E-state index is 0.634. The standard InChI is InChI=1S/C12H8ClN3S/c13-7-4-5-8(10(14)6-7)9-2-1-3-11-12(9)16-17-15-11/h1-6H,14H2. The highest BCUT2D eigenvalue weighted by Gasteiger charge is 2.09. The number of fused-ring (bicyclic) bond motifs is 1. The second-order valence-corrected chi connectivity index (χ2v) is 4.63. The molecular formula is C12H8ClN3S. The van der Waals surface area contributed by atoms with Gasteiger partial charge in [-0.1, -0.05) is 29.8 Å². The molecule has 0 aliphatic heterocycles. The van der Waals surface area contributed by atoms with Crippen LogP contribution in [0.1, 0.15) is 0 Å². The third-order valence-electron chi connectivity index (χ3n) is 2.59. The Bertz CT molecular complexity index is 693. The minimum Gasteiger partial charge on any atom is -0.398 e. The molecule has 0 amide bonds. The van der Waals surface area contributed by atoms with Crippen LogP contribution < -0.4 is 5.73 Å². The topological polar surface area (TPSA) is 51.8 Å². The van der Waals surface area contributed by atoms with E-state index in [0.717, 1.165) is 22.2 Å². The lowest BCUT2D eigenvalue weighted by Crippen LogP contribution is -1.90. The van der Waals surface area contributed by atoms with Crippen molar-refractivity contribution in [3.8, 4) is 11.1 Å². The van der Waals surface area contributed by atoms with Crippen LogP contribution >= 0.6 is 23.3 Å². The molecule has 0 saturated heterocycles. The van der Waals surface area contributed by atoms with Crippen LogP contribution in [0, 0.1) is 0 Å². The van der Waals surface area contributed by atoms with Gasteiger partial charge >= 0.3 is 0 Å². The normalized spacial score (nSPS) is 10.9. The highest BCUT2D eigenvalue weighted by Crippen LogP contribution is 2.32. The number of hydrogen-bond acceptors (Lipinski definition) is 4. The molecule has 1 aromatic heterocycles. The zero-order chi connectivity index (χ0) is 11.8. The van der Waals surface area contributed by atoms with Crippen molar-refractivity contribution in [1.82, 2.24) is 8.75 Å². The smallest absolute Gasteiger partial charge is 0.112 e. The molecule has 3 nitrogen and oxygen atoms in total. The summed E-state index contributed by atoms with van der Waals surface area (Å²) in [5.74, 6) is 0. The molecule has 0 saturated carbocycles. The van der Waals surface area contributed by atoms with E-state index in [2.05, 4.69) is 8.75 Å². The van der Waals surface area contributed by atoms with Crippen LogP contribution in [0.25, 0.3) is 22.2 Å². The van der Waals surface area contributed by atoms with Crippen LogP contribution in [0.3, 0.4) is 0 Å². The van der Waals surface area contributed by atoms with E-state index >= 15 is 0 Å². The Morgan fingerprint density at radius 1 is 1.06 bits per heavy atom. The van der Waals surface area contributed by atoms with Gasteiger partial charge in [-0.25, -0.2) is 0 Å². The number of nitrogens with zero attached hydrogens (tertiary/aromatic N) is 2. The molecule has 0 fully saturated rings. The average molecular weight is 262 g/mol. The van der Waals surface area contributed by atoms with E-state index in [1.54, 1.807) is 6.07 Å². The van der Waals surface area contributed by atoms with Crippen LogP contribution in [-0.2, 0) is 0 Å². The largest absolute Gasteiger partial charge is 0.398 e. The maximum absolute atomic E-state index is 5.98. The van der Waals surface area contributed by atoms with Gasteiger partial charge in [0.1, 0.15) is 11.0 Å². The van der Waals surface area contributed by atoms with Crippen molar-refractivity contribution in [3.63, 3.8) is 0 Å². The number of rotatable bonds is 1. The number of halogens is 1. The van der Waals surface area contributed by atoms with Gasteiger partial charge < -0.3 is 5.73 Å². The summed E-state index contributed by atoms with van der Waals surface area (Å²) in [5, 5.41) is 0.634. The van der Waals surface area contributed by atoms with Gasteiger partial charge in [-0.3, -0.25) is 0 Å². The Balaban J connectivity index is 2.30. The third kappa shape index (κ3) is 1.75. The van der Waals surface area contributed by atoms with E-state index in [1.165, 1.54) is 11.7 Å². The molecule has 1 heterocycles. The van der Waals surface area contributed by atoms with Gasteiger partial charge in [0.25, 0.3) is 0 Å². The molecule has 84 valence electrons. The number of benzene rings is 2. The second kappa shape index (κ2) is 3.98. The van der Waals surface area contributed by atoms with Crippen molar-refractivity contribution in [2.75, 3.05) is 5.73 Å². The summed E-state index contributed by atoms with van der Waals surface area (Å²) in [7, 11) is 0. The first kappa shape index (κ1) is 10.5. The van der Waals surface area contributed by atoms with Crippen LogP contribution in [0.15, 0.2) is 36.4 Å². The second-order valence-electron chi connectivity index (χ2n) is 3.67. The molecule has 0 aliphatic rings. The van der Waals surface area contributed by atoms with Crippen LogP contribution in [0.4, 0.5) is 5.69 Å². The van der Waals surface area contributed by atoms with E-state index in [4.69, 9.17) is 17.3 Å². The highest BCUT2D eigenvalue weighted by molar-refractivity contribution is 7.00. The van der Waals surface area contributed by atoms with Crippen LogP contribution in [0.2, 0.25) is 5.02 Å². The van der Waals surface area contributed by atoms with E-state index < -0.39 is 0 Å². The predicted octanol–water partition coefficient (Wildman–Crippen LogP) is 3.59. The lowest BCUT2D eigenvalue weighted by Gasteiger charge is -2.06. The first-order valence-electron chi connectivity index (χ1n) is 5.02. The molecule has 3 rings (SSSR count). The van der Waals surface area contributed by atoms with Gasteiger partial charge in [0.2, 0.25) is 0 Å². The first-order valence-corrected chi connectivity index (χ1v) is 6.13. The SMILES string of the molecule is Nc1cc(Cl)ccc1-c1cccc2nsnc12. The van der Waals surface area contributed by atoms with Crippen LogP contribution in [-0.4, -0.2) is 8.75 Å². The number of aromatic nitrogens is 2.